The van der Waals surface area contributed by atoms with Gasteiger partial charge in [0.1, 0.15) is 0 Å². The number of hydrogen-bond donors (Lipinski definition) is 1. The van der Waals surface area contributed by atoms with Crippen molar-refractivity contribution in [2.45, 2.75) is 25.1 Å². The van der Waals surface area contributed by atoms with Crippen molar-refractivity contribution in [3.63, 3.8) is 0 Å². The van der Waals surface area contributed by atoms with E-state index in [0.29, 0.717) is 0 Å². The smallest absolute Gasteiger partial charge is 0.372 e. The fourth-order valence-corrected chi connectivity index (χ4v) is 1.38. The summed E-state index contributed by atoms with van der Waals surface area (Å²) < 4.78 is 41.0. The maximum atomic E-state index is 11.9. The summed E-state index contributed by atoms with van der Waals surface area (Å²) in [5.41, 5.74) is 6.33. The lowest BCUT2D eigenvalue weighted by Gasteiger charge is -2.16. The molecule has 0 spiro atoms. The zero-order valence-electron chi connectivity index (χ0n) is 9.28. The number of alkyl halides is 3. The van der Waals surface area contributed by atoms with E-state index in [4.69, 9.17) is 10.5 Å². The Morgan fingerprint density at radius 3 is 2.47 bits per heavy atom. The predicted octanol–water partition coefficient (Wildman–Crippen LogP) is 2.44. The lowest BCUT2D eigenvalue weighted by molar-refractivity contribution is -0.138. The van der Waals surface area contributed by atoms with Gasteiger partial charge in [0.25, 0.3) is 0 Å². The van der Waals surface area contributed by atoms with Crippen LogP contribution < -0.4 is 5.73 Å². The zero-order chi connectivity index (χ0) is 12.7. The Labute approximate surface area is 97.8 Å². The van der Waals surface area contributed by atoms with Gasteiger partial charge in [-0.2, -0.15) is 13.2 Å². The molecule has 0 saturated heterocycles. The third-order valence-electron chi connectivity index (χ3n) is 2.22. The highest BCUT2D eigenvalue weighted by Gasteiger charge is 2.26. The van der Waals surface area contributed by atoms with E-state index < -0.39 is 12.6 Å². The maximum absolute atomic E-state index is 11.9. The fourth-order valence-electron chi connectivity index (χ4n) is 1.38. The van der Waals surface area contributed by atoms with Crippen molar-refractivity contribution in [1.29, 1.82) is 0 Å². The number of nitrogens with zero attached hydrogens (tertiary/aromatic N) is 1. The first-order valence-corrected chi connectivity index (χ1v) is 5.31. The largest absolute Gasteiger partial charge is 0.389 e. The minimum atomic E-state index is -4.13. The number of aromatic nitrogens is 1. The molecule has 1 atom stereocenters. The molecule has 1 heterocycles. The van der Waals surface area contributed by atoms with E-state index in [9.17, 15) is 13.2 Å². The number of hydrogen-bond acceptors (Lipinski definition) is 3. The molecule has 1 aromatic rings. The SMILES string of the molecule is NCC(OCCCC(F)(F)F)c1ccncc1. The van der Waals surface area contributed by atoms with Gasteiger partial charge in [0, 0.05) is 32.0 Å². The van der Waals surface area contributed by atoms with Crippen molar-refractivity contribution in [2.24, 2.45) is 5.73 Å². The predicted molar refractivity (Wildman–Crippen MR) is 57.3 cm³/mol. The van der Waals surface area contributed by atoms with E-state index in [1.165, 1.54) is 0 Å². The topological polar surface area (TPSA) is 48.1 Å². The standard InChI is InChI=1S/C11H15F3N2O/c12-11(13,14)4-1-7-17-10(8-15)9-2-5-16-6-3-9/h2-3,5-6,10H,1,4,7-8,15H2. The van der Waals surface area contributed by atoms with Gasteiger partial charge >= 0.3 is 6.18 Å². The molecule has 1 rings (SSSR count). The summed E-state index contributed by atoms with van der Waals surface area (Å²) in [6, 6.07) is 3.47. The Morgan fingerprint density at radius 1 is 1.29 bits per heavy atom. The highest BCUT2D eigenvalue weighted by atomic mass is 19.4. The first kappa shape index (κ1) is 13.9. The first-order chi connectivity index (χ1) is 8.03. The summed E-state index contributed by atoms with van der Waals surface area (Å²) in [6.07, 6.45) is -2.19. The van der Waals surface area contributed by atoms with Gasteiger partial charge in [0.05, 0.1) is 6.10 Å². The molecule has 0 aliphatic carbocycles. The van der Waals surface area contributed by atoms with Gasteiger partial charge < -0.3 is 10.5 Å². The fraction of sp³-hybridized carbons (Fsp3) is 0.545. The molecule has 1 aromatic heterocycles. The molecule has 0 bridgehead atoms. The van der Waals surface area contributed by atoms with Crippen LogP contribution in [0.2, 0.25) is 0 Å². The van der Waals surface area contributed by atoms with Crippen LogP contribution in [-0.4, -0.2) is 24.3 Å². The summed E-state index contributed by atoms with van der Waals surface area (Å²) in [7, 11) is 0. The van der Waals surface area contributed by atoms with Crippen molar-refractivity contribution in [3.8, 4) is 0 Å². The summed E-state index contributed by atoms with van der Waals surface area (Å²) >= 11 is 0. The molecule has 0 radical (unpaired) electrons. The van der Waals surface area contributed by atoms with Gasteiger partial charge in [-0.1, -0.05) is 0 Å². The van der Waals surface area contributed by atoms with E-state index in [1.807, 2.05) is 0 Å². The van der Waals surface area contributed by atoms with Crippen LogP contribution >= 0.6 is 0 Å². The van der Waals surface area contributed by atoms with Gasteiger partial charge in [-0.25, -0.2) is 0 Å². The van der Waals surface area contributed by atoms with E-state index in [1.54, 1.807) is 24.5 Å². The second-order valence-electron chi connectivity index (χ2n) is 3.59. The lowest BCUT2D eigenvalue weighted by Crippen LogP contribution is -2.17. The highest BCUT2D eigenvalue weighted by molar-refractivity contribution is 5.13. The molecule has 96 valence electrons. The Morgan fingerprint density at radius 2 is 1.94 bits per heavy atom. The van der Waals surface area contributed by atoms with Gasteiger partial charge in [0.2, 0.25) is 0 Å². The molecular formula is C11H15F3N2O. The first-order valence-electron chi connectivity index (χ1n) is 5.31. The molecule has 17 heavy (non-hydrogen) atoms. The number of nitrogens with two attached hydrogens (primary N) is 1. The molecule has 1 unspecified atom stereocenters. The van der Waals surface area contributed by atoms with E-state index in [-0.39, 0.29) is 25.7 Å². The maximum Gasteiger partial charge on any atom is 0.389 e. The molecule has 2 N–H and O–H groups in total. The van der Waals surface area contributed by atoms with Crippen molar-refractivity contribution in [2.75, 3.05) is 13.2 Å². The lowest BCUT2D eigenvalue weighted by atomic mass is 10.1. The molecule has 3 nitrogen and oxygen atoms in total. The summed E-state index contributed by atoms with van der Waals surface area (Å²) in [5, 5.41) is 0. The summed E-state index contributed by atoms with van der Waals surface area (Å²) in [4.78, 5) is 3.85. The summed E-state index contributed by atoms with van der Waals surface area (Å²) in [6.45, 7) is 0.278. The monoisotopic (exact) mass is 248 g/mol. The van der Waals surface area contributed by atoms with E-state index >= 15 is 0 Å². The minimum absolute atomic E-state index is 0.0453. The van der Waals surface area contributed by atoms with Crippen LogP contribution in [0.15, 0.2) is 24.5 Å². The Kier molecular flexibility index (Phi) is 5.37. The number of halogens is 3. The Balaban J connectivity index is 2.34. The van der Waals surface area contributed by atoms with Crippen LogP contribution in [0.1, 0.15) is 24.5 Å². The number of rotatable bonds is 6. The average Bonchev–Trinajstić information content (AvgIpc) is 2.29. The minimum Gasteiger partial charge on any atom is -0.372 e. The molecule has 6 heteroatoms. The van der Waals surface area contributed by atoms with Crippen molar-refractivity contribution in [1.82, 2.24) is 4.98 Å². The molecule has 0 aliphatic rings. The summed E-state index contributed by atoms with van der Waals surface area (Å²) in [5.74, 6) is 0. The Hall–Kier alpha value is -1.14. The van der Waals surface area contributed by atoms with Gasteiger partial charge in [-0.15, -0.1) is 0 Å². The molecule has 0 aromatic carbocycles. The normalized spacial score (nSPS) is 13.6. The molecule has 0 saturated carbocycles. The van der Waals surface area contributed by atoms with Gasteiger partial charge in [-0.3, -0.25) is 4.98 Å². The molecular weight excluding hydrogens is 233 g/mol. The van der Waals surface area contributed by atoms with Crippen LogP contribution in [0.25, 0.3) is 0 Å². The zero-order valence-corrected chi connectivity index (χ0v) is 9.28. The van der Waals surface area contributed by atoms with E-state index in [0.717, 1.165) is 5.56 Å². The quantitative estimate of drug-likeness (QED) is 0.786. The van der Waals surface area contributed by atoms with Gasteiger partial charge in [0.15, 0.2) is 0 Å². The van der Waals surface area contributed by atoms with Crippen LogP contribution in [0.3, 0.4) is 0 Å². The van der Waals surface area contributed by atoms with Crippen molar-refractivity contribution in [3.05, 3.63) is 30.1 Å². The van der Waals surface area contributed by atoms with Crippen LogP contribution in [0, 0.1) is 0 Å². The average molecular weight is 248 g/mol. The van der Waals surface area contributed by atoms with Crippen LogP contribution in [-0.2, 0) is 4.74 Å². The second kappa shape index (κ2) is 6.56. The number of pyridine rings is 1. The Bertz CT molecular complexity index is 316. The van der Waals surface area contributed by atoms with Crippen LogP contribution in [0.4, 0.5) is 13.2 Å². The second-order valence-corrected chi connectivity index (χ2v) is 3.59. The van der Waals surface area contributed by atoms with Crippen molar-refractivity contribution < 1.29 is 17.9 Å². The van der Waals surface area contributed by atoms with E-state index in [2.05, 4.69) is 4.98 Å². The van der Waals surface area contributed by atoms with Gasteiger partial charge in [-0.05, 0) is 24.1 Å². The van der Waals surface area contributed by atoms with Crippen molar-refractivity contribution >= 4 is 0 Å². The third-order valence-corrected chi connectivity index (χ3v) is 2.22. The number of ether oxygens (including phenoxy) is 1. The molecule has 0 aliphatic heterocycles. The molecule has 0 fully saturated rings. The third kappa shape index (κ3) is 5.65. The molecule has 0 amide bonds. The highest BCUT2D eigenvalue weighted by Crippen LogP contribution is 2.22. The van der Waals surface area contributed by atoms with Crippen LogP contribution in [0.5, 0.6) is 0 Å².